The normalized spacial score (nSPS) is 35.5. The van der Waals surface area contributed by atoms with Gasteiger partial charge in [0.15, 0.2) is 15.8 Å². The molecule has 6 nitrogen and oxygen atoms in total. The Morgan fingerprint density at radius 1 is 1.33 bits per heavy atom. The van der Waals surface area contributed by atoms with Crippen molar-refractivity contribution in [1.82, 2.24) is 10.6 Å². The quantitative estimate of drug-likeness (QED) is 0.257. The average molecular weight is 509 g/mol. The van der Waals surface area contributed by atoms with E-state index in [0.29, 0.717) is 48.1 Å². The van der Waals surface area contributed by atoms with Crippen LogP contribution in [0.5, 0.6) is 0 Å². The fourth-order valence-corrected chi connectivity index (χ4v) is 7.11. The molecule has 2 saturated carbocycles. The van der Waals surface area contributed by atoms with E-state index in [-0.39, 0.29) is 29.9 Å². The van der Waals surface area contributed by atoms with E-state index in [9.17, 15) is 8.42 Å². The molecule has 154 valence electrons. The lowest BCUT2D eigenvalue weighted by molar-refractivity contribution is -0.171. The first-order chi connectivity index (χ1) is 12.4. The molecule has 2 aliphatic heterocycles. The molecule has 0 aromatic rings. The lowest BCUT2D eigenvalue weighted by atomic mass is 9.46. The van der Waals surface area contributed by atoms with Crippen molar-refractivity contribution in [2.24, 2.45) is 22.2 Å². The second-order valence-electron chi connectivity index (χ2n) is 8.72. The van der Waals surface area contributed by atoms with Gasteiger partial charge in [0, 0.05) is 30.5 Å². The van der Waals surface area contributed by atoms with E-state index in [4.69, 9.17) is 4.74 Å². The first-order valence-corrected chi connectivity index (χ1v) is 11.7. The monoisotopic (exact) mass is 509 g/mol. The summed E-state index contributed by atoms with van der Waals surface area (Å²) in [6.07, 6.45) is 6.06. The van der Waals surface area contributed by atoms with Gasteiger partial charge in [0.2, 0.25) is 0 Å². The molecular formula is C19H32IN3O3S. The van der Waals surface area contributed by atoms with Gasteiger partial charge in [-0.1, -0.05) is 18.6 Å². The zero-order valence-corrected chi connectivity index (χ0v) is 19.2. The maximum absolute atomic E-state index is 11.7. The van der Waals surface area contributed by atoms with E-state index in [1.165, 1.54) is 19.3 Å². The Kier molecular flexibility index (Phi) is 6.47. The van der Waals surface area contributed by atoms with Crippen molar-refractivity contribution in [3.63, 3.8) is 0 Å². The molecule has 27 heavy (non-hydrogen) atoms. The third kappa shape index (κ3) is 4.17. The van der Waals surface area contributed by atoms with Crippen LogP contribution < -0.4 is 10.6 Å². The highest BCUT2D eigenvalue weighted by Crippen LogP contribution is 2.62. The van der Waals surface area contributed by atoms with Gasteiger partial charge in [-0.05, 0) is 38.5 Å². The van der Waals surface area contributed by atoms with Gasteiger partial charge >= 0.3 is 0 Å². The Bertz CT molecular complexity index is 705. The van der Waals surface area contributed by atoms with Gasteiger partial charge in [-0.15, -0.1) is 24.0 Å². The predicted molar refractivity (Wildman–Crippen MR) is 118 cm³/mol. The Morgan fingerprint density at radius 3 is 2.70 bits per heavy atom. The molecule has 8 heteroatoms. The summed E-state index contributed by atoms with van der Waals surface area (Å²) in [5.41, 5.74) is 1.31. The van der Waals surface area contributed by atoms with Gasteiger partial charge in [0.1, 0.15) is 0 Å². The summed E-state index contributed by atoms with van der Waals surface area (Å²) in [6, 6.07) is 0.424. The Labute approximate surface area is 179 Å². The smallest absolute Gasteiger partial charge is 0.191 e. The van der Waals surface area contributed by atoms with Gasteiger partial charge in [0.05, 0.1) is 24.2 Å². The van der Waals surface area contributed by atoms with Crippen LogP contribution in [0, 0.1) is 17.3 Å². The summed E-state index contributed by atoms with van der Waals surface area (Å²) in [6.45, 7) is 8.04. The molecule has 4 fully saturated rings. The van der Waals surface area contributed by atoms with Crippen molar-refractivity contribution < 1.29 is 13.2 Å². The highest BCUT2D eigenvalue weighted by Gasteiger charge is 2.66. The number of halogens is 1. The molecule has 4 unspecified atom stereocenters. The summed E-state index contributed by atoms with van der Waals surface area (Å²) in [5, 5.41) is 7.10. The van der Waals surface area contributed by atoms with Crippen molar-refractivity contribution in [3.8, 4) is 0 Å². The van der Waals surface area contributed by atoms with Crippen LogP contribution in [-0.4, -0.2) is 57.7 Å². The molecule has 2 heterocycles. The molecule has 0 aromatic carbocycles. The standard InChI is InChI=1S/C19H31N3O3S.HI/c1-13(2)10-20-18(21-11-14-5-9-26(23,24)12-14)22-16-15-4-8-25-17(15)19(16)6-3-7-19;/h14-17H,1,3-12H2,2H3,(H2,20,21,22);1H. The number of rotatable bonds is 5. The van der Waals surface area contributed by atoms with Crippen LogP contribution in [0.1, 0.15) is 39.0 Å². The zero-order chi connectivity index (χ0) is 18.4. The molecular weight excluding hydrogens is 477 g/mol. The third-order valence-electron chi connectivity index (χ3n) is 6.72. The van der Waals surface area contributed by atoms with Crippen molar-refractivity contribution in [2.75, 3.05) is 31.2 Å². The van der Waals surface area contributed by atoms with Crippen LogP contribution in [0.4, 0.5) is 0 Å². The summed E-state index contributed by atoms with van der Waals surface area (Å²) < 4.78 is 29.4. The summed E-state index contributed by atoms with van der Waals surface area (Å²) in [4.78, 5) is 4.69. The lowest BCUT2D eigenvalue weighted by Crippen LogP contribution is -2.72. The van der Waals surface area contributed by atoms with Crippen LogP contribution in [0.3, 0.4) is 0 Å². The van der Waals surface area contributed by atoms with Gasteiger partial charge in [-0.25, -0.2) is 13.4 Å². The first kappa shape index (κ1) is 21.4. The second kappa shape index (κ2) is 8.18. The van der Waals surface area contributed by atoms with E-state index in [1.54, 1.807) is 0 Å². The first-order valence-electron chi connectivity index (χ1n) is 9.91. The van der Waals surface area contributed by atoms with Crippen LogP contribution >= 0.6 is 24.0 Å². The largest absolute Gasteiger partial charge is 0.377 e. The van der Waals surface area contributed by atoms with Gasteiger partial charge in [-0.2, -0.15) is 0 Å². The molecule has 1 spiro atoms. The Morgan fingerprint density at radius 2 is 2.11 bits per heavy atom. The molecule has 4 aliphatic rings. The lowest BCUT2D eigenvalue weighted by Gasteiger charge is -2.63. The van der Waals surface area contributed by atoms with E-state index in [2.05, 4.69) is 22.2 Å². The number of nitrogens with zero attached hydrogens (tertiary/aromatic N) is 1. The van der Waals surface area contributed by atoms with Gasteiger partial charge in [-0.3, -0.25) is 0 Å². The number of aliphatic imine (C=N–C) groups is 1. The number of hydrogen-bond acceptors (Lipinski definition) is 4. The molecule has 4 rings (SSSR count). The predicted octanol–water partition coefficient (Wildman–Crippen LogP) is 2.11. The SMILES string of the molecule is C=C(C)CN=C(NCC1CCS(=O)(=O)C1)NC1C2CCOC2C12CCC2.I. The van der Waals surface area contributed by atoms with Crippen molar-refractivity contribution >= 4 is 39.8 Å². The minimum Gasteiger partial charge on any atom is -0.377 e. The topological polar surface area (TPSA) is 79.8 Å². The molecule has 4 atom stereocenters. The van der Waals surface area contributed by atoms with E-state index in [1.807, 2.05) is 6.92 Å². The maximum Gasteiger partial charge on any atom is 0.191 e. The van der Waals surface area contributed by atoms with Crippen LogP contribution in [0.2, 0.25) is 0 Å². The fraction of sp³-hybridized carbons (Fsp3) is 0.842. The molecule has 2 aliphatic carbocycles. The molecule has 0 bridgehead atoms. The van der Waals surface area contributed by atoms with Crippen LogP contribution in [0.15, 0.2) is 17.1 Å². The average Bonchev–Trinajstić information content (AvgIpc) is 3.09. The van der Waals surface area contributed by atoms with Gasteiger partial charge in [0.25, 0.3) is 0 Å². The minimum absolute atomic E-state index is 0. The highest BCUT2D eigenvalue weighted by atomic mass is 127. The number of sulfone groups is 1. The summed E-state index contributed by atoms with van der Waals surface area (Å²) >= 11 is 0. The van der Waals surface area contributed by atoms with Crippen LogP contribution in [-0.2, 0) is 14.6 Å². The Balaban J connectivity index is 0.00000210. The molecule has 2 saturated heterocycles. The van der Waals surface area contributed by atoms with Crippen LogP contribution in [0.25, 0.3) is 0 Å². The summed E-state index contributed by atoms with van der Waals surface area (Å²) in [5.74, 6) is 2.17. The minimum atomic E-state index is -2.84. The van der Waals surface area contributed by atoms with Crippen molar-refractivity contribution in [2.45, 2.75) is 51.2 Å². The van der Waals surface area contributed by atoms with E-state index >= 15 is 0 Å². The van der Waals surface area contributed by atoms with Crippen molar-refractivity contribution in [1.29, 1.82) is 0 Å². The third-order valence-corrected chi connectivity index (χ3v) is 8.56. The fourth-order valence-electron chi connectivity index (χ4n) is 5.24. The number of nitrogens with one attached hydrogen (secondary N) is 2. The van der Waals surface area contributed by atoms with Gasteiger partial charge < -0.3 is 15.4 Å². The molecule has 0 aromatic heterocycles. The Hall–Kier alpha value is -0.350. The van der Waals surface area contributed by atoms with Crippen molar-refractivity contribution in [3.05, 3.63) is 12.2 Å². The molecule has 2 N–H and O–H groups in total. The second-order valence-corrected chi connectivity index (χ2v) is 11.0. The number of ether oxygens (including phenoxy) is 1. The molecule has 0 amide bonds. The number of fused-ring (bicyclic) bond motifs is 2. The zero-order valence-electron chi connectivity index (χ0n) is 16.1. The maximum atomic E-state index is 11.7. The summed E-state index contributed by atoms with van der Waals surface area (Å²) in [7, 11) is -2.84. The highest BCUT2D eigenvalue weighted by molar-refractivity contribution is 14.0. The number of guanidine groups is 1. The van der Waals surface area contributed by atoms with E-state index < -0.39 is 9.84 Å². The molecule has 0 radical (unpaired) electrons. The number of hydrogen-bond donors (Lipinski definition) is 2. The van der Waals surface area contributed by atoms with E-state index in [0.717, 1.165) is 31.0 Å².